The van der Waals surface area contributed by atoms with E-state index in [2.05, 4.69) is 4.90 Å². The predicted octanol–water partition coefficient (Wildman–Crippen LogP) is 2.38. The van der Waals surface area contributed by atoms with Crippen LogP contribution in [0.3, 0.4) is 0 Å². The van der Waals surface area contributed by atoms with E-state index in [4.69, 9.17) is 5.73 Å². The highest BCUT2D eigenvalue weighted by Crippen LogP contribution is 2.37. The zero-order valence-corrected chi connectivity index (χ0v) is 10.4. The summed E-state index contributed by atoms with van der Waals surface area (Å²) in [5, 5.41) is 0. The van der Waals surface area contributed by atoms with E-state index >= 15 is 0 Å². The van der Waals surface area contributed by atoms with Crippen LogP contribution in [0.5, 0.6) is 0 Å². The van der Waals surface area contributed by atoms with Gasteiger partial charge < -0.3 is 5.73 Å². The van der Waals surface area contributed by atoms with Crippen LogP contribution in [0.4, 0.5) is 0 Å². The molecule has 2 aliphatic carbocycles. The molecular weight excluding hydrogens is 196 g/mol. The number of nitrogens with zero attached hydrogens (tertiary/aromatic N) is 1. The molecule has 2 saturated carbocycles. The molecule has 3 rings (SSSR count). The number of nitrogens with two attached hydrogens (primary N) is 1. The average molecular weight is 222 g/mol. The maximum Gasteiger partial charge on any atom is 0.0196 e. The van der Waals surface area contributed by atoms with Gasteiger partial charge in [-0.25, -0.2) is 0 Å². The van der Waals surface area contributed by atoms with E-state index in [-0.39, 0.29) is 0 Å². The summed E-state index contributed by atoms with van der Waals surface area (Å²) in [4.78, 5) is 2.74. The maximum atomic E-state index is 6.28. The molecule has 3 fully saturated rings. The summed E-state index contributed by atoms with van der Waals surface area (Å²) in [6.45, 7) is 2.51. The first-order chi connectivity index (χ1) is 7.84. The van der Waals surface area contributed by atoms with Gasteiger partial charge in [-0.1, -0.05) is 12.8 Å². The minimum absolute atomic E-state index is 0.474. The summed E-state index contributed by atoms with van der Waals surface area (Å²) < 4.78 is 0. The standard InChI is InChI=1S/C14H26N2/c15-13(11-7-8-11)10-16-9-3-6-14(16)12-4-1-2-5-12/h11-14H,1-10,15H2. The lowest BCUT2D eigenvalue weighted by Gasteiger charge is -2.31. The molecule has 2 N–H and O–H groups in total. The summed E-state index contributed by atoms with van der Waals surface area (Å²) >= 11 is 0. The van der Waals surface area contributed by atoms with E-state index in [1.165, 1.54) is 64.5 Å². The molecule has 2 nitrogen and oxygen atoms in total. The van der Waals surface area contributed by atoms with Crippen LogP contribution in [-0.2, 0) is 0 Å². The fourth-order valence-corrected chi connectivity index (χ4v) is 3.90. The van der Waals surface area contributed by atoms with Gasteiger partial charge in [-0.3, -0.25) is 4.90 Å². The summed E-state index contributed by atoms with van der Waals surface area (Å²) in [6, 6.07) is 1.37. The molecule has 2 heteroatoms. The molecule has 0 aromatic rings. The molecule has 1 heterocycles. The van der Waals surface area contributed by atoms with Crippen molar-refractivity contribution in [3.05, 3.63) is 0 Å². The van der Waals surface area contributed by atoms with E-state index in [1.807, 2.05) is 0 Å². The Morgan fingerprint density at radius 1 is 1.00 bits per heavy atom. The molecule has 0 radical (unpaired) electrons. The smallest absolute Gasteiger partial charge is 0.0196 e. The van der Waals surface area contributed by atoms with Crippen LogP contribution in [0.15, 0.2) is 0 Å². The second-order valence-corrected chi connectivity index (χ2v) is 6.25. The number of rotatable bonds is 4. The Bertz CT molecular complexity index is 231. The zero-order chi connectivity index (χ0) is 11.0. The SMILES string of the molecule is NC(CN1CCCC1C1CCCC1)C1CC1. The fourth-order valence-electron chi connectivity index (χ4n) is 3.90. The van der Waals surface area contributed by atoms with E-state index in [1.54, 1.807) is 0 Å². The Balaban J connectivity index is 1.55. The largest absolute Gasteiger partial charge is 0.326 e. The Labute approximate surface area is 99.6 Å². The zero-order valence-electron chi connectivity index (χ0n) is 10.4. The topological polar surface area (TPSA) is 29.3 Å². The average Bonchev–Trinajstić information content (AvgIpc) is 2.81. The van der Waals surface area contributed by atoms with Crippen LogP contribution in [0.1, 0.15) is 51.4 Å². The molecule has 92 valence electrons. The molecule has 0 aromatic carbocycles. The lowest BCUT2D eigenvalue weighted by atomic mass is 9.95. The van der Waals surface area contributed by atoms with Gasteiger partial charge in [0.25, 0.3) is 0 Å². The van der Waals surface area contributed by atoms with Crippen molar-refractivity contribution >= 4 is 0 Å². The third-order valence-corrected chi connectivity index (χ3v) is 5.03. The lowest BCUT2D eigenvalue weighted by molar-refractivity contribution is 0.176. The molecule has 3 aliphatic rings. The van der Waals surface area contributed by atoms with Crippen molar-refractivity contribution in [2.24, 2.45) is 17.6 Å². The first-order valence-electron chi connectivity index (χ1n) is 7.34. The fraction of sp³-hybridized carbons (Fsp3) is 1.00. The van der Waals surface area contributed by atoms with E-state index in [9.17, 15) is 0 Å². The quantitative estimate of drug-likeness (QED) is 0.791. The Kier molecular flexibility index (Phi) is 3.21. The Hall–Kier alpha value is -0.0800. The van der Waals surface area contributed by atoms with Crippen LogP contribution >= 0.6 is 0 Å². The molecule has 2 atom stereocenters. The molecule has 1 aliphatic heterocycles. The second-order valence-electron chi connectivity index (χ2n) is 6.25. The summed E-state index contributed by atoms with van der Waals surface area (Å²) in [5.74, 6) is 1.87. The first-order valence-corrected chi connectivity index (χ1v) is 7.34. The highest BCUT2D eigenvalue weighted by Gasteiger charge is 2.36. The van der Waals surface area contributed by atoms with Crippen LogP contribution in [0, 0.1) is 11.8 Å². The van der Waals surface area contributed by atoms with Crippen molar-refractivity contribution in [2.75, 3.05) is 13.1 Å². The number of likely N-dealkylation sites (tertiary alicyclic amines) is 1. The van der Waals surface area contributed by atoms with Gasteiger partial charge in [0.2, 0.25) is 0 Å². The third kappa shape index (κ3) is 2.28. The van der Waals surface area contributed by atoms with E-state index < -0.39 is 0 Å². The summed E-state index contributed by atoms with van der Waals surface area (Å²) in [7, 11) is 0. The lowest BCUT2D eigenvalue weighted by Crippen LogP contribution is -2.43. The van der Waals surface area contributed by atoms with Crippen molar-refractivity contribution in [1.29, 1.82) is 0 Å². The minimum Gasteiger partial charge on any atom is -0.326 e. The molecule has 2 unspecified atom stereocenters. The van der Waals surface area contributed by atoms with Crippen molar-refractivity contribution in [2.45, 2.75) is 63.5 Å². The van der Waals surface area contributed by atoms with E-state index in [0.717, 1.165) is 17.9 Å². The van der Waals surface area contributed by atoms with Gasteiger partial charge in [-0.05, 0) is 56.9 Å². The number of hydrogen-bond acceptors (Lipinski definition) is 2. The van der Waals surface area contributed by atoms with Crippen LogP contribution < -0.4 is 5.73 Å². The normalized spacial score (nSPS) is 34.7. The van der Waals surface area contributed by atoms with Gasteiger partial charge in [-0.15, -0.1) is 0 Å². The van der Waals surface area contributed by atoms with Crippen LogP contribution in [-0.4, -0.2) is 30.1 Å². The molecule has 0 amide bonds. The first kappa shape index (κ1) is 11.0. The Morgan fingerprint density at radius 2 is 1.75 bits per heavy atom. The van der Waals surface area contributed by atoms with Gasteiger partial charge in [0.05, 0.1) is 0 Å². The number of hydrogen-bond donors (Lipinski definition) is 1. The van der Waals surface area contributed by atoms with Gasteiger partial charge in [0.15, 0.2) is 0 Å². The monoisotopic (exact) mass is 222 g/mol. The minimum atomic E-state index is 0.474. The molecule has 0 aromatic heterocycles. The summed E-state index contributed by atoms with van der Waals surface area (Å²) in [6.07, 6.45) is 11.6. The molecular formula is C14H26N2. The predicted molar refractivity (Wildman–Crippen MR) is 67.3 cm³/mol. The van der Waals surface area contributed by atoms with E-state index in [0.29, 0.717) is 6.04 Å². The van der Waals surface area contributed by atoms with Crippen LogP contribution in [0.2, 0.25) is 0 Å². The summed E-state index contributed by atoms with van der Waals surface area (Å²) in [5.41, 5.74) is 6.28. The third-order valence-electron chi connectivity index (χ3n) is 5.03. The Morgan fingerprint density at radius 3 is 2.44 bits per heavy atom. The molecule has 1 saturated heterocycles. The van der Waals surface area contributed by atoms with Crippen molar-refractivity contribution in [1.82, 2.24) is 4.90 Å². The van der Waals surface area contributed by atoms with Gasteiger partial charge >= 0.3 is 0 Å². The molecule has 0 spiro atoms. The molecule has 0 bridgehead atoms. The van der Waals surface area contributed by atoms with Crippen LogP contribution in [0.25, 0.3) is 0 Å². The van der Waals surface area contributed by atoms with Crippen molar-refractivity contribution in [3.8, 4) is 0 Å². The maximum absolute atomic E-state index is 6.28. The highest BCUT2D eigenvalue weighted by molar-refractivity contribution is 4.92. The van der Waals surface area contributed by atoms with Gasteiger partial charge in [0.1, 0.15) is 0 Å². The van der Waals surface area contributed by atoms with Crippen molar-refractivity contribution < 1.29 is 0 Å². The van der Waals surface area contributed by atoms with Gasteiger partial charge in [0, 0.05) is 18.6 Å². The second kappa shape index (κ2) is 4.66. The van der Waals surface area contributed by atoms with Crippen molar-refractivity contribution in [3.63, 3.8) is 0 Å². The highest BCUT2D eigenvalue weighted by atomic mass is 15.2. The van der Waals surface area contributed by atoms with Gasteiger partial charge in [-0.2, -0.15) is 0 Å². The molecule has 16 heavy (non-hydrogen) atoms.